The van der Waals surface area contributed by atoms with Crippen LogP contribution in [0, 0.1) is 34.5 Å². The van der Waals surface area contributed by atoms with E-state index in [1.807, 2.05) is 0 Å². The van der Waals surface area contributed by atoms with Crippen LogP contribution in [0.1, 0.15) is 66.2 Å². The number of hydrogen-bond donors (Lipinski definition) is 0. The molecule has 2 aliphatic carbocycles. The van der Waals surface area contributed by atoms with Crippen LogP contribution in [0.5, 0.6) is 0 Å². The van der Waals surface area contributed by atoms with Gasteiger partial charge in [0, 0.05) is 18.8 Å². The predicted molar refractivity (Wildman–Crippen MR) is 99.2 cm³/mol. The molecule has 0 aromatic carbocycles. The number of allylic oxidation sites excluding steroid dienone is 1. The van der Waals surface area contributed by atoms with E-state index in [1.54, 1.807) is 0 Å². The molecule has 2 heterocycles. The fraction of sp³-hybridized carbons (Fsp3) is 0.818. The maximum absolute atomic E-state index is 12.1. The lowest BCUT2D eigenvalue weighted by atomic mass is 9.59. The van der Waals surface area contributed by atoms with Crippen LogP contribution in [0.15, 0.2) is 12.2 Å². The Hall–Kier alpha value is -1.36. The van der Waals surface area contributed by atoms with E-state index < -0.39 is 12.6 Å². The Labute approximate surface area is 161 Å². The minimum absolute atomic E-state index is 0.0419. The second-order valence-electron chi connectivity index (χ2n) is 9.99. The highest BCUT2D eigenvalue weighted by Gasteiger charge is 2.64. The molecular weight excluding hydrogens is 344 g/mol. The van der Waals surface area contributed by atoms with Gasteiger partial charge in [-0.2, -0.15) is 0 Å². The summed E-state index contributed by atoms with van der Waals surface area (Å²) >= 11 is 0. The van der Waals surface area contributed by atoms with Crippen LogP contribution >= 0.6 is 0 Å². The zero-order chi connectivity index (χ0) is 19.6. The van der Waals surface area contributed by atoms with Crippen molar-refractivity contribution in [3.63, 3.8) is 0 Å². The van der Waals surface area contributed by atoms with Gasteiger partial charge in [0.05, 0.1) is 6.42 Å². The number of hydrogen-bond acceptors (Lipinski definition) is 5. The van der Waals surface area contributed by atoms with Crippen molar-refractivity contribution in [2.24, 2.45) is 34.5 Å². The molecule has 0 N–H and O–H groups in total. The summed E-state index contributed by atoms with van der Waals surface area (Å²) < 4.78 is 17.0. The first-order valence-electron chi connectivity index (χ1n) is 10.3. The molecular formula is C22H32O5. The zero-order valence-electron chi connectivity index (χ0n) is 17.0. The van der Waals surface area contributed by atoms with Gasteiger partial charge in [0.2, 0.25) is 12.6 Å². The quantitative estimate of drug-likeness (QED) is 0.534. The van der Waals surface area contributed by atoms with Crippen molar-refractivity contribution < 1.29 is 23.8 Å². The van der Waals surface area contributed by atoms with Gasteiger partial charge in [-0.1, -0.05) is 32.9 Å². The average Bonchev–Trinajstić information content (AvgIpc) is 2.97. The minimum atomic E-state index is -0.688. The van der Waals surface area contributed by atoms with E-state index in [2.05, 4.69) is 27.4 Å². The van der Waals surface area contributed by atoms with E-state index in [4.69, 9.17) is 14.2 Å². The van der Waals surface area contributed by atoms with Gasteiger partial charge in [0.15, 0.2) is 0 Å². The second-order valence-corrected chi connectivity index (χ2v) is 9.99. The molecule has 27 heavy (non-hydrogen) atoms. The summed E-state index contributed by atoms with van der Waals surface area (Å²) in [6.07, 6.45) is 4.65. The average molecular weight is 376 g/mol. The number of carbonyl (C=O) groups excluding carboxylic acids is 2. The van der Waals surface area contributed by atoms with Crippen molar-refractivity contribution in [3.05, 3.63) is 12.2 Å². The Balaban J connectivity index is 1.70. The highest BCUT2D eigenvalue weighted by Crippen LogP contribution is 2.65. The van der Waals surface area contributed by atoms with Crippen LogP contribution in [0.2, 0.25) is 0 Å². The predicted octanol–water partition coefficient (Wildman–Crippen LogP) is 4.21. The molecule has 0 spiro atoms. The Morgan fingerprint density at radius 1 is 1.26 bits per heavy atom. The summed E-state index contributed by atoms with van der Waals surface area (Å²) in [5.74, 6) is 0.244. The SMILES string of the molecule is C=C1CCCC(C)(C)[C@@H]2CC[C@@](C)([C@H]3[C@@H]4OC(=O)C[C@H]3[C@H](OC(C)=O)O4)[C@H]12. The molecule has 0 aromatic heterocycles. The van der Waals surface area contributed by atoms with Crippen molar-refractivity contribution >= 4 is 11.9 Å². The van der Waals surface area contributed by atoms with Gasteiger partial charge in [0.1, 0.15) is 0 Å². The molecule has 2 saturated heterocycles. The molecule has 0 radical (unpaired) electrons. The largest absolute Gasteiger partial charge is 0.435 e. The second kappa shape index (κ2) is 6.33. The van der Waals surface area contributed by atoms with Crippen LogP contribution < -0.4 is 0 Å². The molecule has 5 heteroatoms. The third-order valence-electron chi connectivity index (χ3n) is 7.94. The van der Waals surface area contributed by atoms with E-state index >= 15 is 0 Å². The van der Waals surface area contributed by atoms with Gasteiger partial charge >= 0.3 is 11.9 Å². The van der Waals surface area contributed by atoms with Crippen molar-refractivity contribution in [2.75, 3.05) is 0 Å². The lowest BCUT2D eigenvalue weighted by Crippen LogP contribution is -2.47. The van der Waals surface area contributed by atoms with E-state index in [-0.39, 0.29) is 41.0 Å². The topological polar surface area (TPSA) is 61.8 Å². The first-order valence-corrected chi connectivity index (χ1v) is 10.3. The summed E-state index contributed by atoms with van der Waals surface area (Å²) in [6, 6.07) is 0. The minimum Gasteiger partial charge on any atom is -0.435 e. The molecule has 4 aliphatic rings. The summed E-state index contributed by atoms with van der Waals surface area (Å²) in [4.78, 5) is 23.6. The fourth-order valence-corrected chi connectivity index (χ4v) is 6.79. The molecule has 0 aromatic rings. The Morgan fingerprint density at radius 3 is 2.70 bits per heavy atom. The highest BCUT2D eigenvalue weighted by atomic mass is 16.8. The van der Waals surface area contributed by atoms with Gasteiger partial charge in [0.25, 0.3) is 0 Å². The number of rotatable bonds is 2. The van der Waals surface area contributed by atoms with E-state index in [1.165, 1.54) is 25.3 Å². The summed E-state index contributed by atoms with van der Waals surface area (Å²) in [5.41, 5.74) is 1.56. The van der Waals surface area contributed by atoms with Crippen LogP contribution in [-0.4, -0.2) is 24.5 Å². The Kier molecular flexibility index (Phi) is 4.45. The highest BCUT2D eigenvalue weighted by molar-refractivity contribution is 5.71. The van der Waals surface area contributed by atoms with Crippen molar-refractivity contribution in [1.29, 1.82) is 0 Å². The van der Waals surface area contributed by atoms with Crippen LogP contribution in [0.25, 0.3) is 0 Å². The maximum Gasteiger partial charge on any atom is 0.308 e. The van der Waals surface area contributed by atoms with Crippen molar-refractivity contribution in [1.82, 2.24) is 0 Å². The lowest BCUT2D eigenvalue weighted by molar-refractivity contribution is -0.213. The number of esters is 2. The summed E-state index contributed by atoms with van der Waals surface area (Å²) in [6.45, 7) is 13.0. The third-order valence-corrected chi connectivity index (χ3v) is 7.94. The number of carbonyl (C=O) groups is 2. The maximum atomic E-state index is 12.1. The van der Waals surface area contributed by atoms with Crippen molar-refractivity contribution in [3.8, 4) is 0 Å². The standard InChI is InChI=1S/C22H32O5/c1-12-7-6-9-21(3,4)15-8-10-22(5,17(12)15)18-14-11-16(24)26-20(18)27-19(14)25-13(2)23/h14-15,17-20H,1,6-11H2,2-5H3/t14-,15-,17-,18-,19-,20-,22-/m1/s1. The monoisotopic (exact) mass is 376 g/mol. The zero-order valence-corrected chi connectivity index (χ0v) is 17.0. The van der Waals surface area contributed by atoms with Crippen LogP contribution in [0.3, 0.4) is 0 Å². The number of ether oxygens (including phenoxy) is 3. The third kappa shape index (κ3) is 2.93. The normalized spacial score (nSPS) is 45.8. The van der Waals surface area contributed by atoms with Crippen LogP contribution in [0.4, 0.5) is 0 Å². The summed E-state index contributed by atoms with van der Waals surface area (Å²) in [7, 11) is 0. The molecule has 2 aliphatic heterocycles. The van der Waals surface area contributed by atoms with Gasteiger partial charge < -0.3 is 14.2 Å². The molecule has 2 saturated carbocycles. The summed E-state index contributed by atoms with van der Waals surface area (Å²) in [5, 5.41) is 0. The molecule has 0 amide bonds. The van der Waals surface area contributed by atoms with E-state index in [0.717, 1.165) is 19.3 Å². The Bertz CT molecular complexity index is 668. The first-order chi connectivity index (χ1) is 12.6. The van der Waals surface area contributed by atoms with Gasteiger partial charge in [-0.25, -0.2) is 0 Å². The van der Waals surface area contributed by atoms with Gasteiger partial charge in [-0.3, -0.25) is 9.59 Å². The van der Waals surface area contributed by atoms with E-state index in [9.17, 15) is 9.59 Å². The molecule has 2 bridgehead atoms. The molecule has 0 unspecified atom stereocenters. The molecule has 4 rings (SSSR count). The van der Waals surface area contributed by atoms with Crippen LogP contribution in [-0.2, 0) is 23.8 Å². The van der Waals surface area contributed by atoms with Gasteiger partial charge in [-0.05, 0) is 54.8 Å². The van der Waals surface area contributed by atoms with Crippen molar-refractivity contribution in [2.45, 2.75) is 78.8 Å². The molecule has 4 fully saturated rings. The Morgan fingerprint density at radius 2 is 2.00 bits per heavy atom. The van der Waals surface area contributed by atoms with Gasteiger partial charge in [-0.15, -0.1) is 0 Å². The first kappa shape index (κ1) is 19.0. The fourth-order valence-electron chi connectivity index (χ4n) is 6.79. The molecule has 7 atom stereocenters. The smallest absolute Gasteiger partial charge is 0.308 e. The molecule has 5 nitrogen and oxygen atoms in total. The molecule has 150 valence electrons. The lowest BCUT2D eigenvalue weighted by Gasteiger charge is -2.46. The number of fused-ring (bicyclic) bond motifs is 3. The van der Waals surface area contributed by atoms with E-state index in [0.29, 0.717) is 11.8 Å².